The summed E-state index contributed by atoms with van der Waals surface area (Å²) in [5, 5.41) is 0. The fourth-order valence-electron chi connectivity index (χ4n) is 3.43. The lowest BCUT2D eigenvalue weighted by Gasteiger charge is -2.27. The fourth-order valence-corrected chi connectivity index (χ4v) is 3.43. The van der Waals surface area contributed by atoms with Crippen molar-refractivity contribution in [3.8, 4) is 0 Å². The van der Waals surface area contributed by atoms with Crippen molar-refractivity contribution in [2.24, 2.45) is 5.41 Å². The summed E-state index contributed by atoms with van der Waals surface area (Å²) in [7, 11) is 0. The molecule has 0 aliphatic rings. The van der Waals surface area contributed by atoms with Crippen molar-refractivity contribution in [3.05, 3.63) is 29.3 Å². The highest BCUT2D eigenvalue weighted by Gasteiger charge is 2.48. The normalized spacial score (nSPS) is 13.4. The van der Waals surface area contributed by atoms with Gasteiger partial charge in [0.2, 0.25) is 0 Å². The Balaban J connectivity index is 2.19. The number of hydrogen-bond acceptors (Lipinski definition) is 2. The summed E-state index contributed by atoms with van der Waals surface area (Å²) >= 11 is 0. The summed E-state index contributed by atoms with van der Waals surface area (Å²) in [4.78, 5) is 16.6. The Hall–Kier alpha value is -1.92. The number of imidazole rings is 1. The van der Waals surface area contributed by atoms with Crippen LogP contribution in [-0.4, -0.2) is 21.5 Å². The average Bonchev–Trinajstić information content (AvgIpc) is 2.83. The van der Waals surface area contributed by atoms with Gasteiger partial charge in [0.1, 0.15) is 17.4 Å². The maximum atomic E-state index is 13.8. The van der Waals surface area contributed by atoms with Crippen LogP contribution < -0.4 is 0 Å². The molecule has 1 heterocycles. The number of ketones is 1. The summed E-state index contributed by atoms with van der Waals surface area (Å²) in [6.07, 6.45) is -4.06. The number of alkyl halides is 3. The lowest BCUT2D eigenvalue weighted by atomic mass is 9.85. The van der Waals surface area contributed by atoms with Crippen LogP contribution in [0.1, 0.15) is 65.3 Å². The van der Waals surface area contributed by atoms with Crippen molar-refractivity contribution < 1.29 is 22.4 Å². The molecule has 7 heteroatoms. The Bertz CT molecular complexity index is 873. The number of nitrogens with zero attached hydrogens (tertiary/aromatic N) is 2. The number of aryl methyl sites for hydroxylation is 2. The quantitative estimate of drug-likeness (QED) is 0.549. The number of Topliss-reactive ketones (excluding diaryl/α,β-unsaturated/α-hetero) is 1. The molecule has 1 aromatic carbocycles. The van der Waals surface area contributed by atoms with Crippen molar-refractivity contribution in [3.63, 3.8) is 0 Å². The standard InChI is InChI=1S/C21H28F4N2O/c1-13-10-14(22)11-16-18(13)27(19(2,3)4)17(26-16)9-7-8-15(28)12-20(5,6)21(23,24)25/h10-11H,7-9,12H2,1-6H3. The molecule has 0 fully saturated rings. The van der Waals surface area contributed by atoms with E-state index in [1.165, 1.54) is 12.1 Å². The van der Waals surface area contributed by atoms with Crippen LogP contribution >= 0.6 is 0 Å². The highest BCUT2D eigenvalue weighted by molar-refractivity contribution is 5.80. The smallest absolute Gasteiger partial charge is 0.322 e. The van der Waals surface area contributed by atoms with E-state index in [0.717, 1.165) is 24.9 Å². The van der Waals surface area contributed by atoms with E-state index in [1.807, 2.05) is 32.3 Å². The number of halogens is 4. The largest absolute Gasteiger partial charge is 0.394 e. The molecule has 0 saturated heterocycles. The molecule has 0 radical (unpaired) electrons. The third-order valence-corrected chi connectivity index (χ3v) is 4.91. The van der Waals surface area contributed by atoms with Gasteiger partial charge in [-0.05, 0) is 45.7 Å². The van der Waals surface area contributed by atoms with Crippen LogP contribution in [0.25, 0.3) is 11.0 Å². The SMILES string of the molecule is Cc1cc(F)cc2nc(CCCC(=O)CC(C)(C)C(F)(F)F)n(C(C)(C)C)c12. The van der Waals surface area contributed by atoms with E-state index in [2.05, 4.69) is 4.98 Å². The third-order valence-electron chi connectivity index (χ3n) is 4.91. The summed E-state index contributed by atoms with van der Waals surface area (Å²) in [6.45, 7) is 9.94. The van der Waals surface area contributed by atoms with E-state index < -0.39 is 23.8 Å². The predicted molar refractivity (Wildman–Crippen MR) is 102 cm³/mol. The van der Waals surface area contributed by atoms with Gasteiger partial charge in [0.05, 0.1) is 16.4 Å². The number of carbonyl (C=O) groups excluding carboxylic acids is 1. The lowest BCUT2D eigenvalue weighted by Crippen LogP contribution is -2.34. The maximum Gasteiger partial charge on any atom is 0.394 e. The number of fused-ring (bicyclic) bond motifs is 1. The first kappa shape index (κ1) is 22.4. The van der Waals surface area contributed by atoms with E-state index in [1.54, 1.807) is 0 Å². The van der Waals surface area contributed by atoms with Gasteiger partial charge in [-0.3, -0.25) is 4.79 Å². The number of hydrogen-bond donors (Lipinski definition) is 0. The molecule has 0 amide bonds. The highest BCUT2D eigenvalue weighted by Crippen LogP contribution is 2.40. The molecule has 0 aliphatic carbocycles. The molecule has 2 rings (SSSR count). The molecular weight excluding hydrogens is 372 g/mol. The van der Waals surface area contributed by atoms with Gasteiger partial charge < -0.3 is 4.57 Å². The molecule has 2 aromatic rings. The molecule has 3 nitrogen and oxygen atoms in total. The minimum absolute atomic E-state index is 0.0558. The Labute approximate surface area is 163 Å². The second-order valence-electron chi connectivity index (χ2n) is 9.08. The van der Waals surface area contributed by atoms with Gasteiger partial charge in [-0.15, -0.1) is 0 Å². The van der Waals surface area contributed by atoms with Crippen LogP contribution in [-0.2, 0) is 16.8 Å². The number of benzene rings is 1. The minimum atomic E-state index is -4.41. The van der Waals surface area contributed by atoms with Crippen LogP contribution in [0.2, 0.25) is 0 Å². The van der Waals surface area contributed by atoms with E-state index in [0.29, 0.717) is 24.2 Å². The number of rotatable bonds is 6. The molecule has 0 aliphatic heterocycles. The van der Waals surface area contributed by atoms with E-state index >= 15 is 0 Å². The average molecular weight is 400 g/mol. The Morgan fingerprint density at radius 1 is 1.11 bits per heavy atom. The van der Waals surface area contributed by atoms with Gasteiger partial charge in [0.15, 0.2) is 0 Å². The third kappa shape index (κ3) is 4.73. The van der Waals surface area contributed by atoms with E-state index in [-0.39, 0.29) is 17.8 Å². The molecule has 156 valence electrons. The highest BCUT2D eigenvalue weighted by atomic mass is 19.4. The predicted octanol–water partition coefficient (Wildman–Crippen LogP) is 6.11. The van der Waals surface area contributed by atoms with Gasteiger partial charge in [-0.25, -0.2) is 9.37 Å². The van der Waals surface area contributed by atoms with Gasteiger partial charge >= 0.3 is 6.18 Å². The van der Waals surface area contributed by atoms with Crippen LogP contribution in [0.3, 0.4) is 0 Å². The molecule has 0 bridgehead atoms. The first-order valence-electron chi connectivity index (χ1n) is 9.40. The summed E-state index contributed by atoms with van der Waals surface area (Å²) in [5.41, 5.74) is -0.182. The maximum absolute atomic E-state index is 13.8. The molecule has 0 unspecified atom stereocenters. The van der Waals surface area contributed by atoms with Crippen molar-refractivity contribution in [1.82, 2.24) is 9.55 Å². The van der Waals surface area contributed by atoms with Crippen molar-refractivity contribution in [1.29, 1.82) is 0 Å². The first-order chi connectivity index (χ1) is 12.6. The second kappa shape index (κ2) is 7.48. The summed E-state index contributed by atoms with van der Waals surface area (Å²) in [6, 6.07) is 2.84. The Morgan fingerprint density at radius 3 is 2.25 bits per heavy atom. The van der Waals surface area contributed by atoms with Gasteiger partial charge in [0, 0.05) is 30.9 Å². The molecular formula is C21H28F4N2O. The zero-order valence-corrected chi connectivity index (χ0v) is 17.3. The summed E-state index contributed by atoms with van der Waals surface area (Å²) in [5.74, 6) is -0.0679. The minimum Gasteiger partial charge on any atom is -0.322 e. The van der Waals surface area contributed by atoms with Crippen molar-refractivity contribution in [2.75, 3.05) is 0 Å². The zero-order valence-electron chi connectivity index (χ0n) is 17.3. The molecule has 0 atom stereocenters. The second-order valence-corrected chi connectivity index (χ2v) is 9.08. The van der Waals surface area contributed by atoms with E-state index in [9.17, 15) is 22.4 Å². The topological polar surface area (TPSA) is 34.9 Å². The van der Waals surface area contributed by atoms with Crippen LogP contribution in [0, 0.1) is 18.2 Å². The fraction of sp³-hybridized carbons (Fsp3) is 0.619. The molecule has 1 aromatic heterocycles. The van der Waals surface area contributed by atoms with Gasteiger partial charge in [-0.2, -0.15) is 13.2 Å². The monoisotopic (exact) mass is 400 g/mol. The molecule has 0 N–H and O–H groups in total. The van der Waals surface area contributed by atoms with Crippen molar-refractivity contribution in [2.45, 2.75) is 78.9 Å². The van der Waals surface area contributed by atoms with Gasteiger partial charge in [-0.1, -0.05) is 13.8 Å². The van der Waals surface area contributed by atoms with Crippen LogP contribution in [0.15, 0.2) is 12.1 Å². The summed E-state index contributed by atoms with van der Waals surface area (Å²) < 4.78 is 54.7. The molecule has 28 heavy (non-hydrogen) atoms. The Kier molecular flexibility index (Phi) is 5.98. The molecule has 0 saturated carbocycles. The lowest BCUT2D eigenvalue weighted by molar-refractivity contribution is -0.213. The molecule has 0 spiro atoms. The van der Waals surface area contributed by atoms with Crippen LogP contribution in [0.5, 0.6) is 0 Å². The number of aromatic nitrogens is 2. The van der Waals surface area contributed by atoms with Gasteiger partial charge in [0.25, 0.3) is 0 Å². The number of carbonyl (C=O) groups is 1. The van der Waals surface area contributed by atoms with Crippen molar-refractivity contribution >= 4 is 16.8 Å². The zero-order chi connectivity index (χ0) is 21.5. The Morgan fingerprint density at radius 2 is 1.71 bits per heavy atom. The van der Waals surface area contributed by atoms with Crippen LogP contribution in [0.4, 0.5) is 17.6 Å². The van der Waals surface area contributed by atoms with E-state index in [4.69, 9.17) is 0 Å². The first-order valence-corrected chi connectivity index (χ1v) is 9.40.